The largest absolute Gasteiger partial charge is 0.440 e. The van der Waals surface area contributed by atoms with E-state index in [9.17, 15) is 69.5 Å². The molecular weight excluding hydrogens is 1780 g/mol. The van der Waals surface area contributed by atoms with Crippen molar-refractivity contribution in [2.45, 2.75) is 239 Å². The highest BCUT2D eigenvalue weighted by Crippen LogP contribution is 2.45. The van der Waals surface area contributed by atoms with Gasteiger partial charge in [-0.3, -0.25) is 27.7 Å². The third-order valence-corrected chi connectivity index (χ3v) is 34.1. The minimum absolute atomic E-state index is 0.0580. The first-order valence-electron chi connectivity index (χ1n) is 42.7. The van der Waals surface area contributed by atoms with Crippen molar-refractivity contribution in [3.63, 3.8) is 0 Å². The molecule has 3 N–H and O–H groups in total. The van der Waals surface area contributed by atoms with Crippen LogP contribution in [0.3, 0.4) is 0 Å². The molecule has 0 radical (unpaired) electrons. The van der Waals surface area contributed by atoms with Gasteiger partial charge in [-0.2, -0.15) is 8.78 Å². The average Bonchev–Trinajstić information content (AvgIpc) is 1.71. The molecule has 0 aliphatic carbocycles. The Kier molecular flexibility index (Phi) is 29.3. The van der Waals surface area contributed by atoms with Crippen LogP contribution in [0.25, 0.3) is 0 Å². The predicted octanol–water partition coefficient (Wildman–Crippen LogP) is 19.8. The fourth-order valence-electron chi connectivity index (χ4n) is 14.6. The van der Waals surface area contributed by atoms with Gasteiger partial charge in [-0.15, -0.1) is 0 Å². The molecule has 1 atom stereocenters. The van der Waals surface area contributed by atoms with Gasteiger partial charge in [0, 0.05) is 58.5 Å². The zero-order chi connectivity index (χ0) is 99.1. The molecule has 8 aliphatic heterocycles. The molecule has 0 saturated carbocycles. The highest BCUT2D eigenvalue weighted by molar-refractivity contribution is 8.01. The molecule has 8 aromatic carbocycles. The van der Waals surface area contributed by atoms with Gasteiger partial charge >= 0.3 is 5.92 Å². The van der Waals surface area contributed by atoms with Crippen molar-refractivity contribution in [3.8, 4) is 5.75 Å². The number of benzene rings is 8. The van der Waals surface area contributed by atoms with Gasteiger partial charge in [0.2, 0.25) is 0 Å². The fraction of sp³-hybridized carbons (Fsp3) is 0.400. The molecule has 0 bridgehead atoms. The SMILES string of the molecule is C=C1Cc2ccc(C(C)(C)C)cc2S(=O)(=O)N1C.C=C1N(C)c2ccc(C(C)C)cc2S(=O)(=O)N1C.C=C1NS(=O)(=O)c2cc(C(C)C)ccc2N1C.C=C1Nc2ccc(C(C)(C)C)cc2O1.C=S1(=O)Cc2ccc(C(C)(C)C)cc2N1C.CC(C)(C)c1ccc2c(c1)C(=O)CS2(=O)=O.CC(C)(C)c1ccc2c(c1)C(F)(F)C(=O)N2.CC(C)(C)c1ccc2c(c1)S(=O)(=O)CC2=O. The number of allylic oxidation sites excluding steroid dienone is 1. The Labute approximate surface area is 777 Å². The molecule has 0 spiro atoms. The summed E-state index contributed by atoms with van der Waals surface area (Å²) in [5, 5.41) is 5.24. The molecule has 8 aromatic rings. The van der Waals surface area contributed by atoms with Crippen molar-refractivity contribution in [1.29, 1.82) is 0 Å². The van der Waals surface area contributed by atoms with Gasteiger partial charge in [-0.05, 0) is 197 Å². The number of halogens is 2. The number of sulfone groups is 2. The first-order valence-corrected chi connectivity index (χ1v) is 52.2. The van der Waals surface area contributed by atoms with Crippen molar-refractivity contribution in [2.24, 2.45) is 0 Å². The third-order valence-electron chi connectivity index (χ3n) is 23.7. The average molecular weight is 1910 g/mol. The van der Waals surface area contributed by atoms with E-state index in [0.717, 1.165) is 61.6 Å². The maximum absolute atomic E-state index is 13.5. The van der Waals surface area contributed by atoms with Crippen LogP contribution in [0.2, 0.25) is 0 Å². The summed E-state index contributed by atoms with van der Waals surface area (Å²) in [7, 11) is -10.7. The molecule has 23 nitrogen and oxygen atoms in total. The number of rotatable bonds is 2. The zero-order valence-electron chi connectivity index (χ0n) is 80.4. The number of ketones is 2. The number of fused-ring (bicyclic) bond motifs is 8. The topological polar surface area (TPSA) is 300 Å². The van der Waals surface area contributed by atoms with E-state index < -0.39 is 71.3 Å². The normalized spacial score (nSPS) is 18.7. The second-order valence-electron chi connectivity index (χ2n) is 40.6. The summed E-state index contributed by atoms with van der Waals surface area (Å²) in [5.74, 6) is 1.29. The van der Waals surface area contributed by atoms with Gasteiger partial charge in [0.15, 0.2) is 42.9 Å². The lowest BCUT2D eigenvalue weighted by atomic mass is 9.85. The number of alkyl halides is 2. The summed E-state index contributed by atoms with van der Waals surface area (Å²) in [6.07, 6.45) is 0.593. The van der Waals surface area contributed by atoms with E-state index in [4.69, 9.17) is 4.74 Å². The van der Waals surface area contributed by atoms with Crippen LogP contribution in [-0.2, 0) is 115 Å². The van der Waals surface area contributed by atoms with E-state index in [1.807, 2.05) is 157 Å². The molecule has 8 aliphatic rings. The van der Waals surface area contributed by atoms with Gasteiger partial charge in [0.25, 0.3) is 36.0 Å². The number of nitrogens with one attached hydrogen (secondary N) is 3. The lowest BCUT2D eigenvalue weighted by Crippen LogP contribution is -2.39. The molecular formula is C100H128F2N8O15S6. The maximum atomic E-state index is 13.5. The molecule has 131 heavy (non-hydrogen) atoms. The van der Waals surface area contributed by atoms with Gasteiger partial charge in [-0.1, -0.05) is 233 Å². The number of anilines is 5. The molecule has 8 heterocycles. The standard InChI is InChI=1S/C14H19NO2S.C13H18N2O2S.C13H19NOS.C12H13F2NO.C12H16N2O2S.C12H15NO.2C12H14O3S/c1-10-8-11-6-7-12(14(2,3)4)9-13(11)18(16,17)15(10)5;1-9(2)11-6-7-12-13(8-11)18(16,17)15(5)10(3)14(12)4;1-13(2,3)11-7-6-10-9-16(5,15)14(4)12(10)8-11;1-11(2,3)7-4-5-9-8(6-7)12(13,14)10(16)15-9;1-8(2)10-5-6-11-12(7-10)17(15,16)13-9(3)14(11)4;1-8-13-10-6-5-9(12(2,3)4)7-11(10)14-8;1-12(2,3)8-4-5-11-9(6-8)10(13)7-16(11,14)15;1-12(2,3)8-4-5-9-10(13)7-16(14,15)11(9)6-8/h6-7,9H,1,8H2,2-5H3;6-9H,3H2,1-2,4-5H3;6-8H,5,9H2,1-4H3;4-6H,1-3H3,(H,15,16);5-8,13H,3H2,1-2,4H3;5-7,13H,1H2,2-4H3;2*4-6H,7H2,1-3H3. The second-order valence-corrected chi connectivity index (χ2v) is 52.4. The van der Waals surface area contributed by atoms with Crippen molar-refractivity contribution in [3.05, 3.63) is 267 Å². The van der Waals surface area contributed by atoms with Crippen LogP contribution in [0.4, 0.5) is 37.2 Å². The van der Waals surface area contributed by atoms with Crippen LogP contribution in [0.1, 0.15) is 246 Å². The number of amides is 1. The lowest BCUT2D eigenvalue weighted by Gasteiger charge is -2.36. The van der Waals surface area contributed by atoms with E-state index >= 15 is 0 Å². The number of nitrogens with zero attached hydrogens (tertiary/aromatic N) is 5. The van der Waals surface area contributed by atoms with E-state index in [-0.39, 0.29) is 76.6 Å². The molecule has 16 rings (SSSR count). The Morgan fingerprint density at radius 2 is 0.824 bits per heavy atom. The highest BCUT2D eigenvalue weighted by Gasteiger charge is 2.49. The van der Waals surface area contributed by atoms with E-state index in [1.54, 1.807) is 78.5 Å². The summed E-state index contributed by atoms with van der Waals surface area (Å²) in [4.78, 5) is 39.1. The summed E-state index contributed by atoms with van der Waals surface area (Å²) in [6, 6.07) is 44.2. The van der Waals surface area contributed by atoms with Crippen LogP contribution in [0.15, 0.2) is 220 Å². The Morgan fingerprint density at radius 3 is 1.34 bits per heavy atom. The summed E-state index contributed by atoms with van der Waals surface area (Å²) < 4.78 is 171. The highest BCUT2D eigenvalue weighted by atomic mass is 32.2. The van der Waals surface area contributed by atoms with Gasteiger partial charge < -0.3 is 29.5 Å². The Morgan fingerprint density at radius 1 is 0.405 bits per heavy atom. The lowest BCUT2D eigenvalue weighted by molar-refractivity contribution is -0.139. The second kappa shape index (κ2) is 36.8. The summed E-state index contributed by atoms with van der Waals surface area (Å²) >= 11 is 0. The number of hydrogen-bond donors (Lipinski definition) is 3. The van der Waals surface area contributed by atoms with Crippen LogP contribution < -0.4 is 34.2 Å². The molecule has 708 valence electrons. The number of Topliss-reactive ketones (excluding diaryl/α,β-unsaturated/α-hetero) is 2. The Bertz CT molecular complexity index is 6700. The number of hydrogen-bond acceptors (Lipinski definition) is 18. The summed E-state index contributed by atoms with van der Waals surface area (Å²) in [6.45, 7) is 60.5. The smallest absolute Gasteiger partial charge is 0.352 e. The van der Waals surface area contributed by atoms with Crippen LogP contribution in [0, 0.1) is 0 Å². The van der Waals surface area contributed by atoms with Crippen LogP contribution in [0.5, 0.6) is 5.75 Å². The first kappa shape index (κ1) is 104. The Balaban J connectivity index is 0.000000169. The zero-order valence-corrected chi connectivity index (χ0v) is 85.3. The van der Waals surface area contributed by atoms with E-state index in [0.29, 0.717) is 84.4 Å². The predicted molar refractivity (Wildman–Crippen MR) is 526 cm³/mol. The number of carbonyl (C=O) groups is 3. The minimum atomic E-state index is -3.47. The quantitative estimate of drug-likeness (QED) is 0.135. The molecule has 0 fully saturated rings. The monoisotopic (exact) mass is 1910 g/mol. The number of ether oxygens (including phenoxy) is 1. The fourth-order valence-corrected chi connectivity index (χ4v) is 23.2. The molecule has 1 unspecified atom stereocenters. The van der Waals surface area contributed by atoms with Gasteiger partial charge in [0.05, 0.1) is 64.1 Å². The number of likely N-dealkylation sites (N-methyl/N-ethyl adjacent to an activating group) is 1. The molecule has 1 amide bonds. The van der Waals surface area contributed by atoms with Crippen molar-refractivity contribution in [1.82, 2.24) is 13.3 Å². The summed E-state index contributed by atoms with van der Waals surface area (Å²) in [5.41, 5.74) is 14.9. The number of sulfonamides is 3. The van der Waals surface area contributed by atoms with Crippen LogP contribution in [-0.4, -0.2) is 125 Å². The van der Waals surface area contributed by atoms with Gasteiger partial charge in [-0.25, -0.2) is 46.3 Å². The Hall–Kier alpha value is -10.4. The van der Waals surface area contributed by atoms with Crippen molar-refractivity contribution < 1.29 is 74.2 Å². The molecule has 0 saturated heterocycles. The van der Waals surface area contributed by atoms with E-state index in [2.05, 4.69) is 140 Å². The van der Waals surface area contributed by atoms with Gasteiger partial charge in [0.1, 0.15) is 32.9 Å². The minimum Gasteiger partial charge on any atom is -0.440 e. The van der Waals surface area contributed by atoms with Crippen molar-refractivity contribution in [2.75, 3.05) is 71.5 Å². The molecule has 0 aromatic heterocycles. The number of carbonyl (C=O) groups excluding carboxylic acids is 3. The molecule has 31 heteroatoms. The third kappa shape index (κ3) is 22.7. The van der Waals surface area contributed by atoms with Crippen LogP contribution >= 0.6 is 0 Å². The van der Waals surface area contributed by atoms with Crippen molar-refractivity contribution >= 4 is 111 Å². The first-order chi connectivity index (χ1) is 59.6. The maximum Gasteiger partial charge on any atom is 0.352 e. The van der Waals surface area contributed by atoms with E-state index in [1.165, 1.54) is 38.9 Å².